The van der Waals surface area contributed by atoms with Crippen molar-refractivity contribution in [3.8, 4) is 0 Å². The van der Waals surface area contributed by atoms with Crippen LogP contribution in [0.25, 0.3) is 0 Å². The molecule has 3 nitrogen and oxygen atoms in total. The van der Waals surface area contributed by atoms with E-state index >= 15 is 0 Å². The van der Waals surface area contributed by atoms with Gasteiger partial charge in [0.1, 0.15) is 0 Å². The molecule has 0 saturated heterocycles. The summed E-state index contributed by atoms with van der Waals surface area (Å²) in [5.41, 5.74) is 0.970. The molecule has 0 unspecified atom stereocenters. The normalized spacial score (nSPS) is 11.4. The zero-order valence-electron chi connectivity index (χ0n) is 10.4. The molecule has 0 aliphatic carbocycles. The summed E-state index contributed by atoms with van der Waals surface area (Å²) in [4.78, 5) is 11.8. The van der Waals surface area contributed by atoms with E-state index in [-0.39, 0.29) is 5.91 Å². The lowest BCUT2D eigenvalue weighted by molar-refractivity contribution is 0.0693. The van der Waals surface area contributed by atoms with Gasteiger partial charge in [0.25, 0.3) is 5.91 Å². The molecule has 0 fully saturated rings. The Balaban J connectivity index is 2.56. The lowest BCUT2D eigenvalue weighted by Crippen LogP contribution is -2.30. The molecule has 17 heavy (non-hydrogen) atoms. The Morgan fingerprint density at radius 2 is 2.12 bits per heavy atom. The zero-order chi connectivity index (χ0) is 13.1. The van der Waals surface area contributed by atoms with Crippen LogP contribution in [0.3, 0.4) is 0 Å². The van der Waals surface area contributed by atoms with Crippen molar-refractivity contribution in [3.63, 3.8) is 0 Å². The molecular weight excluding hydrogens is 282 g/mol. The van der Waals surface area contributed by atoms with Crippen LogP contribution < -0.4 is 5.32 Å². The van der Waals surface area contributed by atoms with Crippen LogP contribution >= 0.6 is 15.9 Å². The molecule has 4 heteroatoms. The molecular formula is C13H18BrNO2. The van der Waals surface area contributed by atoms with E-state index in [0.717, 1.165) is 10.0 Å². The van der Waals surface area contributed by atoms with Gasteiger partial charge >= 0.3 is 0 Å². The van der Waals surface area contributed by atoms with E-state index < -0.39 is 5.60 Å². The lowest BCUT2D eigenvalue weighted by atomic mass is 10.1. The maximum atomic E-state index is 11.8. The van der Waals surface area contributed by atoms with Crippen molar-refractivity contribution < 1.29 is 9.90 Å². The summed E-state index contributed by atoms with van der Waals surface area (Å²) in [6.45, 7) is 5.89. The Morgan fingerprint density at radius 3 is 2.65 bits per heavy atom. The third kappa shape index (κ3) is 4.88. The number of benzene rings is 1. The zero-order valence-corrected chi connectivity index (χ0v) is 12.0. The van der Waals surface area contributed by atoms with Gasteiger partial charge in [0.05, 0.1) is 5.60 Å². The largest absolute Gasteiger partial charge is 0.390 e. The van der Waals surface area contributed by atoms with Gasteiger partial charge in [0.15, 0.2) is 0 Å². The highest BCUT2D eigenvalue weighted by atomic mass is 79.9. The SMILES string of the molecule is Cc1ccc(C(=O)NCCC(C)(C)O)cc1Br. The molecule has 0 bridgehead atoms. The summed E-state index contributed by atoms with van der Waals surface area (Å²) >= 11 is 3.39. The third-order valence-electron chi connectivity index (χ3n) is 2.46. The van der Waals surface area contributed by atoms with Gasteiger partial charge in [-0.05, 0) is 44.9 Å². The number of hydrogen-bond donors (Lipinski definition) is 2. The van der Waals surface area contributed by atoms with E-state index in [4.69, 9.17) is 0 Å². The van der Waals surface area contributed by atoms with E-state index in [2.05, 4.69) is 21.2 Å². The molecule has 0 radical (unpaired) electrons. The van der Waals surface area contributed by atoms with Gasteiger partial charge in [-0.25, -0.2) is 0 Å². The molecule has 0 heterocycles. The maximum absolute atomic E-state index is 11.8. The van der Waals surface area contributed by atoms with Crippen molar-refractivity contribution in [2.24, 2.45) is 0 Å². The number of rotatable bonds is 4. The minimum Gasteiger partial charge on any atom is -0.390 e. The molecule has 0 aliphatic rings. The fraction of sp³-hybridized carbons (Fsp3) is 0.462. The van der Waals surface area contributed by atoms with Crippen LogP contribution in [0.2, 0.25) is 0 Å². The number of halogens is 1. The second-order valence-corrected chi connectivity index (χ2v) is 5.64. The first-order chi connectivity index (χ1) is 7.79. The molecule has 0 aromatic heterocycles. The van der Waals surface area contributed by atoms with E-state index in [9.17, 15) is 9.90 Å². The highest BCUT2D eigenvalue weighted by Gasteiger charge is 2.13. The summed E-state index contributed by atoms with van der Waals surface area (Å²) < 4.78 is 0.924. The third-order valence-corrected chi connectivity index (χ3v) is 3.31. The van der Waals surface area contributed by atoms with E-state index in [1.807, 2.05) is 13.0 Å². The number of carbonyl (C=O) groups excluding carboxylic acids is 1. The number of nitrogens with one attached hydrogen (secondary N) is 1. The Morgan fingerprint density at radius 1 is 1.47 bits per heavy atom. The van der Waals surface area contributed by atoms with E-state index in [1.165, 1.54) is 0 Å². The molecule has 0 aliphatic heterocycles. The minimum absolute atomic E-state index is 0.116. The predicted molar refractivity (Wildman–Crippen MR) is 72.1 cm³/mol. The van der Waals surface area contributed by atoms with Gasteiger partial charge in [0.2, 0.25) is 0 Å². The smallest absolute Gasteiger partial charge is 0.251 e. The second-order valence-electron chi connectivity index (χ2n) is 4.78. The Bertz CT molecular complexity index is 410. The van der Waals surface area contributed by atoms with Crippen molar-refractivity contribution in [1.82, 2.24) is 5.32 Å². The van der Waals surface area contributed by atoms with Crippen molar-refractivity contribution in [3.05, 3.63) is 33.8 Å². The molecule has 1 rings (SSSR count). The van der Waals surface area contributed by atoms with E-state index in [1.54, 1.807) is 26.0 Å². The first kappa shape index (κ1) is 14.2. The second kappa shape index (κ2) is 5.65. The number of carbonyl (C=O) groups is 1. The summed E-state index contributed by atoms with van der Waals surface area (Å²) in [6, 6.07) is 5.49. The van der Waals surface area contributed by atoms with Gasteiger partial charge in [-0.2, -0.15) is 0 Å². The number of aryl methyl sites for hydroxylation is 1. The molecule has 1 aromatic rings. The van der Waals surface area contributed by atoms with Crippen LogP contribution in [0, 0.1) is 6.92 Å². The summed E-state index contributed by atoms with van der Waals surface area (Å²) in [7, 11) is 0. The van der Waals surface area contributed by atoms with E-state index in [0.29, 0.717) is 18.5 Å². The first-order valence-corrected chi connectivity index (χ1v) is 6.35. The molecule has 2 N–H and O–H groups in total. The number of hydrogen-bond acceptors (Lipinski definition) is 2. The highest BCUT2D eigenvalue weighted by molar-refractivity contribution is 9.10. The quantitative estimate of drug-likeness (QED) is 0.898. The van der Waals surface area contributed by atoms with Gasteiger partial charge in [-0.15, -0.1) is 0 Å². The molecule has 0 atom stereocenters. The predicted octanol–water partition coefficient (Wildman–Crippen LogP) is 2.65. The van der Waals surface area contributed by atoms with Crippen LogP contribution in [-0.2, 0) is 0 Å². The Hall–Kier alpha value is -0.870. The van der Waals surface area contributed by atoms with Crippen molar-refractivity contribution in [1.29, 1.82) is 0 Å². The van der Waals surface area contributed by atoms with Crippen LogP contribution in [0.15, 0.2) is 22.7 Å². The lowest BCUT2D eigenvalue weighted by Gasteiger charge is -2.17. The fourth-order valence-corrected chi connectivity index (χ4v) is 1.70. The monoisotopic (exact) mass is 299 g/mol. The maximum Gasteiger partial charge on any atom is 0.251 e. The van der Waals surface area contributed by atoms with Crippen molar-refractivity contribution >= 4 is 21.8 Å². The van der Waals surface area contributed by atoms with Crippen LogP contribution in [0.5, 0.6) is 0 Å². The van der Waals surface area contributed by atoms with Gasteiger partial charge in [-0.3, -0.25) is 4.79 Å². The standard InChI is InChI=1S/C13H18BrNO2/c1-9-4-5-10(8-11(9)14)12(16)15-7-6-13(2,3)17/h4-5,8,17H,6-7H2,1-3H3,(H,15,16). The van der Waals surface area contributed by atoms with Gasteiger partial charge < -0.3 is 10.4 Å². The Labute approximate surface area is 110 Å². The highest BCUT2D eigenvalue weighted by Crippen LogP contribution is 2.17. The summed E-state index contributed by atoms with van der Waals surface area (Å²) in [5, 5.41) is 12.3. The van der Waals surface area contributed by atoms with Crippen molar-refractivity contribution in [2.75, 3.05) is 6.54 Å². The summed E-state index contributed by atoms with van der Waals surface area (Å²) in [5.74, 6) is -0.116. The topological polar surface area (TPSA) is 49.3 Å². The molecule has 1 aromatic carbocycles. The molecule has 1 amide bonds. The average Bonchev–Trinajstić information content (AvgIpc) is 2.20. The first-order valence-electron chi connectivity index (χ1n) is 5.56. The summed E-state index contributed by atoms with van der Waals surface area (Å²) in [6.07, 6.45) is 0.534. The number of amides is 1. The van der Waals surface area contributed by atoms with Crippen molar-refractivity contribution in [2.45, 2.75) is 32.8 Å². The molecule has 0 saturated carbocycles. The van der Waals surface area contributed by atoms with Crippen LogP contribution in [-0.4, -0.2) is 23.2 Å². The van der Waals surface area contributed by atoms with Crippen LogP contribution in [0.4, 0.5) is 0 Å². The Kier molecular flexibility index (Phi) is 4.71. The minimum atomic E-state index is -0.749. The average molecular weight is 300 g/mol. The van der Waals surface area contributed by atoms with Gasteiger partial charge in [-0.1, -0.05) is 22.0 Å². The molecule has 94 valence electrons. The molecule has 0 spiro atoms. The van der Waals surface area contributed by atoms with Crippen LogP contribution in [0.1, 0.15) is 36.2 Å². The number of aliphatic hydroxyl groups is 1. The fourth-order valence-electron chi connectivity index (χ4n) is 1.32. The van der Waals surface area contributed by atoms with Gasteiger partial charge in [0, 0.05) is 16.6 Å².